The van der Waals surface area contributed by atoms with Gasteiger partial charge in [-0.2, -0.15) is 0 Å². The first-order valence-electron chi connectivity index (χ1n) is 5.69. The highest BCUT2D eigenvalue weighted by molar-refractivity contribution is 9.10. The van der Waals surface area contributed by atoms with Gasteiger partial charge in [-0.05, 0) is 56.7 Å². The molecule has 0 heterocycles. The Balaban J connectivity index is 2.30. The van der Waals surface area contributed by atoms with Crippen molar-refractivity contribution in [1.29, 1.82) is 0 Å². The van der Waals surface area contributed by atoms with E-state index in [2.05, 4.69) is 59.3 Å². The summed E-state index contributed by atoms with van der Waals surface area (Å²) in [7, 11) is 0. The van der Waals surface area contributed by atoms with Gasteiger partial charge in [0.05, 0.1) is 0 Å². The molecule has 0 saturated heterocycles. The molecule has 2 aromatic carbocycles. The molecule has 16 heavy (non-hydrogen) atoms. The minimum atomic E-state index is 1.11. The van der Waals surface area contributed by atoms with Crippen molar-refractivity contribution in [1.82, 2.24) is 0 Å². The maximum atomic E-state index is 3.76. The quantitative estimate of drug-likeness (QED) is 0.689. The molecule has 0 amide bonds. The summed E-state index contributed by atoms with van der Waals surface area (Å²) in [5, 5.41) is 2.65. The van der Waals surface area contributed by atoms with Crippen molar-refractivity contribution in [3.63, 3.8) is 0 Å². The topological polar surface area (TPSA) is 0 Å². The van der Waals surface area contributed by atoms with E-state index >= 15 is 0 Å². The molecule has 0 saturated carbocycles. The third-order valence-corrected chi connectivity index (χ3v) is 4.25. The van der Waals surface area contributed by atoms with Crippen molar-refractivity contribution in [2.75, 3.05) is 0 Å². The van der Waals surface area contributed by atoms with Gasteiger partial charge in [0.2, 0.25) is 0 Å². The molecule has 0 atom stereocenters. The lowest BCUT2D eigenvalue weighted by Crippen LogP contribution is -1.88. The maximum absolute atomic E-state index is 3.76. The zero-order chi connectivity index (χ0) is 11.1. The molecular formula is C15H13Br. The molecule has 1 heteroatoms. The van der Waals surface area contributed by atoms with Gasteiger partial charge >= 0.3 is 0 Å². The number of rotatable bonds is 1. The zero-order valence-electron chi connectivity index (χ0n) is 9.26. The Morgan fingerprint density at radius 1 is 1.25 bits per heavy atom. The van der Waals surface area contributed by atoms with Crippen molar-refractivity contribution in [2.45, 2.75) is 19.8 Å². The van der Waals surface area contributed by atoms with Gasteiger partial charge in [-0.1, -0.05) is 42.8 Å². The third kappa shape index (κ3) is 1.42. The first kappa shape index (κ1) is 10.1. The fourth-order valence-electron chi connectivity index (χ4n) is 2.40. The Morgan fingerprint density at radius 2 is 2.06 bits per heavy atom. The van der Waals surface area contributed by atoms with Crippen LogP contribution in [0.1, 0.15) is 24.5 Å². The van der Waals surface area contributed by atoms with E-state index < -0.39 is 0 Å². The SMILES string of the molecule is CCC1=Cc2cc3ccccc3c(Br)c2C1. The fraction of sp³-hybridized carbons (Fsp3) is 0.200. The molecule has 1 aliphatic carbocycles. The van der Waals surface area contributed by atoms with E-state index in [1.165, 1.54) is 31.9 Å². The average Bonchev–Trinajstić information content (AvgIpc) is 2.73. The molecule has 0 unspecified atom stereocenters. The van der Waals surface area contributed by atoms with Crippen LogP contribution in [0.4, 0.5) is 0 Å². The summed E-state index contributed by atoms with van der Waals surface area (Å²) in [6, 6.07) is 10.9. The first-order valence-corrected chi connectivity index (χ1v) is 6.48. The molecule has 0 nitrogen and oxygen atoms in total. The summed E-state index contributed by atoms with van der Waals surface area (Å²) >= 11 is 3.76. The summed E-state index contributed by atoms with van der Waals surface area (Å²) in [6.45, 7) is 2.23. The lowest BCUT2D eigenvalue weighted by Gasteiger charge is -2.07. The lowest BCUT2D eigenvalue weighted by molar-refractivity contribution is 1.04. The molecule has 0 fully saturated rings. The van der Waals surface area contributed by atoms with Gasteiger partial charge in [0.25, 0.3) is 0 Å². The first-order chi connectivity index (χ1) is 7.79. The number of hydrogen-bond acceptors (Lipinski definition) is 0. The lowest BCUT2D eigenvalue weighted by atomic mass is 10.0. The van der Waals surface area contributed by atoms with E-state index in [-0.39, 0.29) is 0 Å². The molecule has 0 N–H and O–H groups in total. The van der Waals surface area contributed by atoms with Crippen LogP contribution in [0.3, 0.4) is 0 Å². The van der Waals surface area contributed by atoms with Crippen LogP contribution < -0.4 is 0 Å². The Bertz CT molecular complexity index is 594. The molecule has 1 aliphatic rings. The minimum Gasteiger partial charge on any atom is -0.0654 e. The van der Waals surface area contributed by atoms with Crippen molar-refractivity contribution in [2.24, 2.45) is 0 Å². The van der Waals surface area contributed by atoms with Crippen LogP contribution >= 0.6 is 15.9 Å². The second-order valence-electron chi connectivity index (χ2n) is 4.31. The number of hydrogen-bond donors (Lipinski definition) is 0. The van der Waals surface area contributed by atoms with Gasteiger partial charge in [-0.15, -0.1) is 0 Å². The summed E-state index contributed by atoms with van der Waals surface area (Å²) < 4.78 is 1.28. The van der Waals surface area contributed by atoms with Gasteiger partial charge in [0.15, 0.2) is 0 Å². The standard InChI is InChI=1S/C15H13Br/c1-2-10-7-12-9-11-5-3-4-6-13(11)15(16)14(12)8-10/h3-7,9H,2,8H2,1H3. The predicted octanol–water partition coefficient (Wildman–Crippen LogP) is 4.95. The molecule has 0 aliphatic heterocycles. The van der Waals surface area contributed by atoms with Crippen LogP contribution in [0.2, 0.25) is 0 Å². The number of benzene rings is 2. The Morgan fingerprint density at radius 3 is 2.88 bits per heavy atom. The van der Waals surface area contributed by atoms with Gasteiger partial charge in [0, 0.05) is 4.47 Å². The summed E-state index contributed by atoms with van der Waals surface area (Å²) in [6.07, 6.45) is 4.60. The molecule has 3 rings (SSSR count). The summed E-state index contributed by atoms with van der Waals surface area (Å²) in [5.41, 5.74) is 4.38. The highest BCUT2D eigenvalue weighted by Gasteiger charge is 2.16. The van der Waals surface area contributed by atoms with Crippen molar-refractivity contribution >= 4 is 32.8 Å². The number of fused-ring (bicyclic) bond motifs is 2. The Hall–Kier alpha value is -1.08. The Labute approximate surface area is 104 Å². The minimum absolute atomic E-state index is 1.11. The van der Waals surface area contributed by atoms with Crippen molar-refractivity contribution in [3.8, 4) is 0 Å². The largest absolute Gasteiger partial charge is 0.0654 e. The summed E-state index contributed by atoms with van der Waals surface area (Å²) in [5.74, 6) is 0. The highest BCUT2D eigenvalue weighted by atomic mass is 79.9. The van der Waals surface area contributed by atoms with Gasteiger partial charge in [0.1, 0.15) is 0 Å². The molecule has 0 bridgehead atoms. The van der Waals surface area contributed by atoms with E-state index in [4.69, 9.17) is 0 Å². The molecule has 0 aromatic heterocycles. The molecule has 80 valence electrons. The fourth-order valence-corrected chi connectivity index (χ4v) is 3.13. The second kappa shape index (κ2) is 3.74. The molecule has 0 radical (unpaired) electrons. The number of allylic oxidation sites excluding steroid dienone is 1. The van der Waals surface area contributed by atoms with E-state index in [1.54, 1.807) is 0 Å². The molecular weight excluding hydrogens is 260 g/mol. The van der Waals surface area contributed by atoms with Crippen LogP contribution in [-0.4, -0.2) is 0 Å². The van der Waals surface area contributed by atoms with Crippen molar-refractivity contribution < 1.29 is 0 Å². The van der Waals surface area contributed by atoms with Gasteiger partial charge < -0.3 is 0 Å². The van der Waals surface area contributed by atoms with Crippen LogP contribution in [0, 0.1) is 0 Å². The van der Waals surface area contributed by atoms with E-state index in [1.807, 2.05) is 0 Å². The predicted molar refractivity (Wildman–Crippen MR) is 73.6 cm³/mol. The van der Waals surface area contributed by atoms with Gasteiger partial charge in [-0.3, -0.25) is 0 Å². The number of halogens is 1. The molecule has 0 spiro atoms. The van der Waals surface area contributed by atoms with Gasteiger partial charge in [-0.25, -0.2) is 0 Å². The Kier molecular flexibility index (Phi) is 2.36. The second-order valence-corrected chi connectivity index (χ2v) is 5.11. The van der Waals surface area contributed by atoms with Crippen LogP contribution in [-0.2, 0) is 6.42 Å². The summed E-state index contributed by atoms with van der Waals surface area (Å²) in [4.78, 5) is 0. The smallest absolute Gasteiger partial charge is 0.0294 e. The van der Waals surface area contributed by atoms with Crippen LogP contribution in [0.25, 0.3) is 16.8 Å². The third-order valence-electron chi connectivity index (χ3n) is 3.34. The van der Waals surface area contributed by atoms with Crippen LogP contribution in [0.15, 0.2) is 40.4 Å². The van der Waals surface area contributed by atoms with E-state index in [9.17, 15) is 0 Å². The monoisotopic (exact) mass is 272 g/mol. The van der Waals surface area contributed by atoms with Crippen molar-refractivity contribution in [3.05, 3.63) is 51.5 Å². The average molecular weight is 273 g/mol. The highest BCUT2D eigenvalue weighted by Crippen LogP contribution is 2.37. The normalized spacial score (nSPS) is 14.0. The van der Waals surface area contributed by atoms with E-state index in [0.717, 1.165) is 12.8 Å². The maximum Gasteiger partial charge on any atom is 0.0294 e. The zero-order valence-corrected chi connectivity index (χ0v) is 10.8. The van der Waals surface area contributed by atoms with Crippen LogP contribution in [0.5, 0.6) is 0 Å². The van der Waals surface area contributed by atoms with E-state index in [0.29, 0.717) is 0 Å². The molecule has 2 aromatic rings.